The second-order valence-corrected chi connectivity index (χ2v) is 4.65. The van der Waals surface area contributed by atoms with Gasteiger partial charge in [0.05, 0.1) is 0 Å². The van der Waals surface area contributed by atoms with E-state index in [1.54, 1.807) is 7.05 Å². The summed E-state index contributed by atoms with van der Waals surface area (Å²) in [6.07, 6.45) is 1.12. The molecule has 1 heterocycles. The van der Waals surface area contributed by atoms with Crippen molar-refractivity contribution in [2.24, 2.45) is 10.7 Å². The van der Waals surface area contributed by atoms with Crippen LogP contribution >= 0.6 is 0 Å². The molecule has 1 aliphatic heterocycles. The zero-order valence-electron chi connectivity index (χ0n) is 13.0. The molecule has 0 bridgehead atoms. The van der Waals surface area contributed by atoms with E-state index in [9.17, 15) is 0 Å². The van der Waals surface area contributed by atoms with Crippen molar-refractivity contribution >= 4 is 5.96 Å². The van der Waals surface area contributed by atoms with Crippen LogP contribution in [0.4, 0.5) is 0 Å². The lowest BCUT2D eigenvalue weighted by Crippen LogP contribution is -2.51. The Balaban J connectivity index is 0.000000956. The van der Waals surface area contributed by atoms with Crippen LogP contribution in [0.25, 0.3) is 0 Å². The molecule has 1 aliphatic rings. The molecule has 1 saturated heterocycles. The quantitative estimate of drug-likeness (QED) is 0.676. The summed E-state index contributed by atoms with van der Waals surface area (Å²) in [5.41, 5.74) is 7.23. The number of hydrogen-bond acceptors (Lipinski definition) is 2. The van der Waals surface area contributed by atoms with Crippen LogP contribution in [0.3, 0.4) is 0 Å². The molecule has 0 amide bonds. The summed E-state index contributed by atoms with van der Waals surface area (Å²) in [4.78, 5) is 8.68. The number of guanidine groups is 1. The standard InChI is InChI=1S/C14H22N4.C2H6/c1-16-14(15)18-11-9-17(10-12-18)8-7-13-5-3-2-4-6-13;1-2/h2-6H,7-12H2,1H3,(H2,15,16);1-2H3. The van der Waals surface area contributed by atoms with Gasteiger partial charge in [-0.2, -0.15) is 0 Å². The van der Waals surface area contributed by atoms with Gasteiger partial charge in [-0.1, -0.05) is 44.2 Å². The fourth-order valence-electron chi connectivity index (χ4n) is 2.27. The molecule has 1 fully saturated rings. The molecule has 4 heteroatoms. The fraction of sp³-hybridized carbons (Fsp3) is 0.562. The number of nitrogens with zero attached hydrogens (tertiary/aromatic N) is 3. The van der Waals surface area contributed by atoms with Crippen molar-refractivity contribution in [2.75, 3.05) is 39.8 Å². The van der Waals surface area contributed by atoms with E-state index in [4.69, 9.17) is 5.73 Å². The lowest BCUT2D eigenvalue weighted by atomic mass is 10.1. The van der Waals surface area contributed by atoms with Crippen LogP contribution in [0.15, 0.2) is 35.3 Å². The number of rotatable bonds is 3. The summed E-state index contributed by atoms with van der Waals surface area (Å²) in [6, 6.07) is 10.7. The minimum Gasteiger partial charge on any atom is -0.370 e. The summed E-state index contributed by atoms with van der Waals surface area (Å²) in [7, 11) is 1.75. The summed E-state index contributed by atoms with van der Waals surface area (Å²) < 4.78 is 0. The van der Waals surface area contributed by atoms with Gasteiger partial charge in [0.15, 0.2) is 5.96 Å². The van der Waals surface area contributed by atoms with Gasteiger partial charge in [0.2, 0.25) is 0 Å². The van der Waals surface area contributed by atoms with Gasteiger partial charge in [0.1, 0.15) is 0 Å². The Hall–Kier alpha value is -1.55. The van der Waals surface area contributed by atoms with E-state index >= 15 is 0 Å². The maximum atomic E-state index is 5.82. The summed E-state index contributed by atoms with van der Waals surface area (Å²) in [5.74, 6) is 0.665. The van der Waals surface area contributed by atoms with Gasteiger partial charge < -0.3 is 10.6 Å². The number of nitrogens with two attached hydrogens (primary N) is 1. The highest BCUT2D eigenvalue weighted by Crippen LogP contribution is 2.05. The molecule has 2 N–H and O–H groups in total. The number of hydrogen-bond donors (Lipinski definition) is 1. The first-order valence-corrected chi connectivity index (χ1v) is 7.53. The molecule has 20 heavy (non-hydrogen) atoms. The largest absolute Gasteiger partial charge is 0.370 e. The molecule has 0 saturated carbocycles. The van der Waals surface area contributed by atoms with E-state index in [1.165, 1.54) is 5.56 Å². The van der Waals surface area contributed by atoms with Crippen molar-refractivity contribution in [1.82, 2.24) is 9.80 Å². The third-order valence-corrected chi connectivity index (χ3v) is 3.48. The van der Waals surface area contributed by atoms with Crippen molar-refractivity contribution in [1.29, 1.82) is 0 Å². The first-order valence-electron chi connectivity index (χ1n) is 7.53. The molecule has 0 spiro atoms. The molecule has 0 aliphatic carbocycles. The zero-order valence-corrected chi connectivity index (χ0v) is 13.0. The van der Waals surface area contributed by atoms with E-state index in [2.05, 4.69) is 45.1 Å². The highest BCUT2D eigenvalue weighted by atomic mass is 15.3. The fourth-order valence-corrected chi connectivity index (χ4v) is 2.27. The monoisotopic (exact) mass is 276 g/mol. The van der Waals surface area contributed by atoms with Gasteiger partial charge in [-0.25, -0.2) is 0 Å². The summed E-state index contributed by atoms with van der Waals surface area (Å²) in [5, 5.41) is 0. The van der Waals surface area contributed by atoms with Gasteiger partial charge in [-0.05, 0) is 12.0 Å². The average molecular weight is 276 g/mol. The van der Waals surface area contributed by atoms with E-state index in [1.807, 2.05) is 13.8 Å². The van der Waals surface area contributed by atoms with E-state index in [0.717, 1.165) is 39.1 Å². The van der Waals surface area contributed by atoms with Gasteiger partial charge >= 0.3 is 0 Å². The lowest BCUT2D eigenvalue weighted by Gasteiger charge is -2.35. The molecule has 2 rings (SSSR count). The van der Waals surface area contributed by atoms with Crippen LogP contribution in [-0.4, -0.2) is 55.5 Å². The van der Waals surface area contributed by atoms with E-state index in [-0.39, 0.29) is 0 Å². The number of aliphatic imine (C=N–C) groups is 1. The van der Waals surface area contributed by atoms with Crippen molar-refractivity contribution < 1.29 is 0 Å². The predicted molar refractivity (Wildman–Crippen MR) is 87.1 cm³/mol. The van der Waals surface area contributed by atoms with E-state index in [0.29, 0.717) is 5.96 Å². The third kappa shape index (κ3) is 5.21. The van der Waals surface area contributed by atoms with Crippen LogP contribution in [0.2, 0.25) is 0 Å². The van der Waals surface area contributed by atoms with Crippen molar-refractivity contribution in [2.45, 2.75) is 20.3 Å². The number of piperazine rings is 1. The highest BCUT2D eigenvalue weighted by Gasteiger charge is 2.17. The van der Waals surface area contributed by atoms with E-state index < -0.39 is 0 Å². The molecule has 4 nitrogen and oxygen atoms in total. The summed E-state index contributed by atoms with van der Waals surface area (Å²) in [6.45, 7) is 9.24. The van der Waals surface area contributed by atoms with Crippen molar-refractivity contribution in [3.05, 3.63) is 35.9 Å². The molecule has 0 radical (unpaired) electrons. The second kappa shape index (κ2) is 9.37. The SMILES string of the molecule is CC.CN=C(N)N1CCN(CCc2ccccc2)CC1. The Morgan fingerprint density at radius 3 is 2.25 bits per heavy atom. The van der Waals surface area contributed by atoms with Crippen LogP contribution < -0.4 is 5.73 Å². The maximum Gasteiger partial charge on any atom is 0.191 e. The molecule has 1 aromatic carbocycles. The Morgan fingerprint density at radius 1 is 1.10 bits per heavy atom. The van der Waals surface area contributed by atoms with Gasteiger partial charge in [-0.3, -0.25) is 9.89 Å². The van der Waals surface area contributed by atoms with Crippen LogP contribution in [0.1, 0.15) is 19.4 Å². The third-order valence-electron chi connectivity index (χ3n) is 3.48. The van der Waals surface area contributed by atoms with Gasteiger partial charge in [-0.15, -0.1) is 0 Å². The zero-order chi connectivity index (χ0) is 14.8. The molecular formula is C16H28N4. The van der Waals surface area contributed by atoms with Gasteiger partial charge in [0, 0.05) is 39.8 Å². The normalized spacial score (nSPS) is 16.6. The first kappa shape index (κ1) is 16.5. The minimum atomic E-state index is 0.665. The Kier molecular flexibility index (Phi) is 7.73. The van der Waals surface area contributed by atoms with Crippen LogP contribution in [0, 0.1) is 0 Å². The number of benzene rings is 1. The van der Waals surface area contributed by atoms with Crippen molar-refractivity contribution in [3.8, 4) is 0 Å². The molecule has 0 atom stereocenters. The highest BCUT2D eigenvalue weighted by molar-refractivity contribution is 5.77. The Bertz CT molecular complexity index is 381. The molecule has 0 aromatic heterocycles. The van der Waals surface area contributed by atoms with Gasteiger partial charge in [0.25, 0.3) is 0 Å². The molecule has 112 valence electrons. The van der Waals surface area contributed by atoms with Crippen LogP contribution in [0.5, 0.6) is 0 Å². The molecule has 1 aromatic rings. The molecule has 0 unspecified atom stereocenters. The van der Waals surface area contributed by atoms with Crippen molar-refractivity contribution in [3.63, 3.8) is 0 Å². The molecular weight excluding hydrogens is 248 g/mol. The summed E-state index contributed by atoms with van der Waals surface area (Å²) >= 11 is 0. The Morgan fingerprint density at radius 2 is 1.70 bits per heavy atom. The lowest BCUT2D eigenvalue weighted by molar-refractivity contribution is 0.183. The minimum absolute atomic E-state index is 0.665. The topological polar surface area (TPSA) is 44.9 Å². The van der Waals surface area contributed by atoms with Crippen LogP contribution in [-0.2, 0) is 6.42 Å². The predicted octanol–water partition coefficient (Wildman–Crippen LogP) is 1.82. The second-order valence-electron chi connectivity index (χ2n) is 4.65. The maximum absolute atomic E-state index is 5.82. The Labute approximate surface area is 123 Å². The smallest absolute Gasteiger partial charge is 0.191 e. The first-order chi connectivity index (χ1) is 9.79. The average Bonchev–Trinajstić information content (AvgIpc) is 2.55.